The van der Waals surface area contributed by atoms with Crippen LogP contribution in [0.25, 0.3) is 11.0 Å². The Morgan fingerprint density at radius 1 is 1.38 bits per heavy atom. The molecular formula is C14H18Cl2N4S. The maximum Gasteiger partial charge on any atom is 0.131 e. The van der Waals surface area contributed by atoms with Gasteiger partial charge in [-0.15, -0.1) is 0 Å². The van der Waals surface area contributed by atoms with Gasteiger partial charge in [-0.25, -0.2) is 0 Å². The van der Waals surface area contributed by atoms with Crippen molar-refractivity contribution in [3.8, 4) is 0 Å². The van der Waals surface area contributed by atoms with E-state index in [2.05, 4.69) is 39.7 Å². The van der Waals surface area contributed by atoms with E-state index in [4.69, 9.17) is 23.2 Å². The number of nitrogens with one attached hydrogen (secondary N) is 1. The third-order valence-electron chi connectivity index (χ3n) is 4.36. The molecule has 7 heteroatoms. The average Bonchev–Trinajstić information content (AvgIpc) is 2.92. The fourth-order valence-corrected chi connectivity index (χ4v) is 3.98. The summed E-state index contributed by atoms with van der Waals surface area (Å²) < 4.78 is 8.72. The molecule has 0 saturated carbocycles. The second kappa shape index (κ2) is 5.54. The zero-order valence-corrected chi connectivity index (χ0v) is 14.6. The smallest absolute Gasteiger partial charge is 0.131 e. The van der Waals surface area contributed by atoms with Crippen LogP contribution in [0.3, 0.4) is 0 Å². The van der Waals surface area contributed by atoms with Crippen LogP contribution in [0.4, 0.5) is 5.69 Å². The molecule has 2 heterocycles. The lowest BCUT2D eigenvalue weighted by Gasteiger charge is -2.46. The van der Waals surface area contributed by atoms with Gasteiger partial charge in [-0.3, -0.25) is 0 Å². The predicted octanol–water partition coefficient (Wildman–Crippen LogP) is 3.96. The van der Waals surface area contributed by atoms with Gasteiger partial charge in [-0.1, -0.05) is 30.1 Å². The van der Waals surface area contributed by atoms with E-state index in [0.717, 1.165) is 36.2 Å². The maximum atomic E-state index is 6.49. The minimum Gasteiger partial charge on any atom is -0.363 e. The highest BCUT2D eigenvalue weighted by molar-refractivity contribution is 7.00. The van der Waals surface area contributed by atoms with Gasteiger partial charge in [0.1, 0.15) is 11.0 Å². The molecule has 1 aromatic heterocycles. The fraction of sp³-hybridized carbons (Fsp3) is 0.571. The van der Waals surface area contributed by atoms with Crippen molar-refractivity contribution in [2.24, 2.45) is 0 Å². The predicted molar refractivity (Wildman–Crippen MR) is 90.9 cm³/mol. The Hall–Kier alpha value is -0.620. The molecule has 114 valence electrons. The van der Waals surface area contributed by atoms with E-state index in [1.54, 1.807) is 6.07 Å². The monoisotopic (exact) mass is 344 g/mol. The van der Waals surface area contributed by atoms with E-state index in [0.29, 0.717) is 16.1 Å². The summed E-state index contributed by atoms with van der Waals surface area (Å²) in [7, 11) is 0. The van der Waals surface area contributed by atoms with Crippen molar-refractivity contribution >= 4 is 51.7 Å². The van der Waals surface area contributed by atoms with Gasteiger partial charge < -0.3 is 10.2 Å². The summed E-state index contributed by atoms with van der Waals surface area (Å²) in [5.41, 5.74) is 2.58. The summed E-state index contributed by atoms with van der Waals surface area (Å²) in [5.74, 6) is 0. The van der Waals surface area contributed by atoms with Gasteiger partial charge in [0, 0.05) is 24.7 Å². The zero-order chi connectivity index (χ0) is 15.2. The Morgan fingerprint density at radius 3 is 2.81 bits per heavy atom. The van der Waals surface area contributed by atoms with Crippen LogP contribution < -0.4 is 10.2 Å². The van der Waals surface area contributed by atoms with Crippen LogP contribution >= 0.6 is 34.9 Å². The van der Waals surface area contributed by atoms with Crippen LogP contribution in [-0.2, 0) is 0 Å². The van der Waals surface area contributed by atoms with Gasteiger partial charge in [0.05, 0.1) is 27.5 Å². The first-order valence-electron chi connectivity index (χ1n) is 7.07. The van der Waals surface area contributed by atoms with Crippen LogP contribution in [0.5, 0.6) is 0 Å². The number of aromatic nitrogens is 2. The molecule has 1 aliphatic rings. The van der Waals surface area contributed by atoms with Gasteiger partial charge in [0.15, 0.2) is 0 Å². The Balaban J connectivity index is 2.12. The van der Waals surface area contributed by atoms with Gasteiger partial charge in [-0.05, 0) is 26.3 Å². The molecule has 0 radical (unpaired) electrons. The molecule has 2 aromatic rings. The van der Waals surface area contributed by atoms with Crippen LogP contribution in [0.1, 0.15) is 27.2 Å². The van der Waals surface area contributed by atoms with E-state index in [-0.39, 0.29) is 5.54 Å². The number of anilines is 1. The second-order valence-corrected chi connectivity index (χ2v) is 7.27. The lowest BCUT2D eigenvalue weighted by atomic mass is 9.93. The number of piperazine rings is 1. The highest BCUT2D eigenvalue weighted by Crippen LogP contribution is 2.39. The number of rotatable bonds is 2. The molecule has 2 unspecified atom stereocenters. The molecule has 0 spiro atoms. The third-order valence-corrected chi connectivity index (χ3v) is 5.47. The molecule has 1 aliphatic heterocycles. The maximum absolute atomic E-state index is 6.49. The largest absolute Gasteiger partial charge is 0.363 e. The van der Waals surface area contributed by atoms with Crippen molar-refractivity contribution in [2.75, 3.05) is 18.0 Å². The molecule has 1 N–H and O–H groups in total. The lowest BCUT2D eigenvalue weighted by molar-refractivity contribution is 0.286. The van der Waals surface area contributed by atoms with Gasteiger partial charge in [0.25, 0.3) is 0 Å². The molecule has 1 fully saturated rings. The Morgan fingerprint density at radius 2 is 2.10 bits per heavy atom. The van der Waals surface area contributed by atoms with Crippen LogP contribution in [0, 0.1) is 0 Å². The number of halogens is 2. The third kappa shape index (κ3) is 2.61. The molecule has 1 saturated heterocycles. The first-order valence-corrected chi connectivity index (χ1v) is 8.56. The number of hydrogen-bond donors (Lipinski definition) is 1. The first-order chi connectivity index (χ1) is 9.95. The summed E-state index contributed by atoms with van der Waals surface area (Å²) in [6, 6.07) is 2.12. The molecule has 21 heavy (non-hydrogen) atoms. The second-order valence-electron chi connectivity index (χ2n) is 5.92. The Labute approximate surface area is 138 Å². The van der Waals surface area contributed by atoms with Crippen LogP contribution in [0.15, 0.2) is 6.07 Å². The van der Waals surface area contributed by atoms with Crippen molar-refractivity contribution in [1.29, 1.82) is 0 Å². The topological polar surface area (TPSA) is 41.1 Å². The van der Waals surface area contributed by atoms with Gasteiger partial charge in [-0.2, -0.15) is 8.75 Å². The number of fused-ring (bicyclic) bond motifs is 1. The summed E-state index contributed by atoms with van der Waals surface area (Å²) in [6.45, 7) is 8.44. The van der Waals surface area contributed by atoms with Crippen molar-refractivity contribution in [3.05, 3.63) is 16.1 Å². The molecule has 3 rings (SSSR count). The summed E-state index contributed by atoms with van der Waals surface area (Å²) in [6.07, 6.45) is 1.06. The van der Waals surface area contributed by atoms with E-state index in [1.807, 2.05) is 0 Å². The number of hydrogen-bond acceptors (Lipinski definition) is 5. The van der Waals surface area contributed by atoms with Crippen LogP contribution in [0.2, 0.25) is 10.0 Å². The minimum absolute atomic E-state index is 0.0747. The number of nitrogens with zero attached hydrogens (tertiary/aromatic N) is 3. The Kier molecular flexibility index (Phi) is 4.03. The Bertz CT molecular complexity index is 674. The highest BCUT2D eigenvalue weighted by atomic mass is 35.5. The van der Waals surface area contributed by atoms with E-state index < -0.39 is 0 Å². The standard InChI is InChI=1S/C14H18Cl2N4S/c1-4-14(3)7-20(8(2)6-17-14)13-10(16)5-9(15)11-12(13)19-21-18-11/h5,8,17H,4,6-7H2,1-3H3. The minimum atomic E-state index is 0.0747. The van der Waals surface area contributed by atoms with E-state index in [9.17, 15) is 0 Å². The molecule has 2 atom stereocenters. The van der Waals surface area contributed by atoms with Gasteiger partial charge in [0.2, 0.25) is 0 Å². The van der Waals surface area contributed by atoms with Crippen LogP contribution in [-0.4, -0.2) is 33.4 Å². The lowest BCUT2D eigenvalue weighted by Crippen LogP contribution is -2.62. The van der Waals surface area contributed by atoms with E-state index in [1.165, 1.54) is 11.7 Å². The van der Waals surface area contributed by atoms with Gasteiger partial charge >= 0.3 is 0 Å². The zero-order valence-electron chi connectivity index (χ0n) is 12.3. The molecule has 0 amide bonds. The quantitative estimate of drug-likeness (QED) is 0.894. The molecule has 0 aliphatic carbocycles. The summed E-state index contributed by atoms with van der Waals surface area (Å²) in [4.78, 5) is 2.34. The first kappa shape index (κ1) is 15.3. The molecular weight excluding hydrogens is 327 g/mol. The highest BCUT2D eigenvalue weighted by Gasteiger charge is 2.35. The average molecular weight is 345 g/mol. The van der Waals surface area contributed by atoms with Crippen molar-refractivity contribution in [3.63, 3.8) is 0 Å². The van der Waals surface area contributed by atoms with E-state index >= 15 is 0 Å². The number of benzene rings is 1. The summed E-state index contributed by atoms with van der Waals surface area (Å²) >= 11 is 13.9. The van der Waals surface area contributed by atoms with Crippen molar-refractivity contribution in [1.82, 2.24) is 14.1 Å². The molecule has 0 bridgehead atoms. The molecule has 4 nitrogen and oxygen atoms in total. The van der Waals surface area contributed by atoms with Crippen molar-refractivity contribution in [2.45, 2.75) is 38.8 Å². The molecule has 1 aromatic carbocycles. The SMILES string of the molecule is CCC1(C)CN(c2c(Cl)cc(Cl)c3nsnc23)C(C)CN1. The normalized spacial score (nSPS) is 26.5. The summed E-state index contributed by atoms with van der Waals surface area (Å²) in [5, 5.41) is 4.83. The fourth-order valence-electron chi connectivity index (χ4n) is 2.76. The van der Waals surface area contributed by atoms with Crippen molar-refractivity contribution < 1.29 is 0 Å².